The topological polar surface area (TPSA) is 76.4 Å². The highest BCUT2D eigenvalue weighted by molar-refractivity contribution is 5.79. The van der Waals surface area contributed by atoms with Gasteiger partial charge in [-0.2, -0.15) is 0 Å². The standard InChI is InChI=1S/C28H25N3O3/c32-28(34-16-24-22-12-6-4-10-20(22)21-11-5-7-13-23(21)24)30-19-14-25(29-15-19)27-31-26(17-33-27)18-8-2-1-3-9-18/h1-13,17,19,24-25,29H,14-16H2,(H,30,32)/t19-,25-/m0/s1. The maximum atomic E-state index is 12.6. The molecule has 1 amide bonds. The Balaban J connectivity index is 1.06. The SMILES string of the molecule is O=C(N[C@@H]1CN[C@H](c2nc(-c3ccccc3)co2)C1)OCC1c2ccccc2-c2ccccc21. The number of amides is 1. The van der Waals surface area contributed by atoms with E-state index in [2.05, 4.69) is 39.9 Å². The number of aromatic nitrogens is 1. The highest BCUT2D eigenvalue weighted by atomic mass is 16.5. The quantitative estimate of drug-likeness (QED) is 0.432. The highest BCUT2D eigenvalue weighted by Gasteiger charge is 2.32. The largest absolute Gasteiger partial charge is 0.449 e. The minimum Gasteiger partial charge on any atom is -0.449 e. The lowest BCUT2D eigenvalue weighted by Gasteiger charge is -2.16. The van der Waals surface area contributed by atoms with E-state index >= 15 is 0 Å². The molecule has 2 heterocycles. The molecule has 2 aliphatic rings. The molecule has 1 fully saturated rings. The average Bonchev–Trinajstić information content (AvgIpc) is 3.61. The predicted octanol–water partition coefficient (Wildman–Crippen LogP) is 5.28. The second-order valence-corrected chi connectivity index (χ2v) is 8.80. The Morgan fingerprint density at radius 3 is 2.38 bits per heavy atom. The number of carbonyl (C=O) groups excluding carboxylic acids is 1. The van der Waals surface area contributed by atoms with Crippen molar-refractivity contribution in [2.24, 2.45) is 0 Å². The smallest absolute Gasteiger partial charge is 0.407 e. The van der Waals surface area contributed by atoms with Crippen LogP contribution in [-0.2, 0) is 4.74 Å². The highest BCUT2D eigenvalue weighted by Crippen LogP contribution is 2.44. The van der Waals surface area contributed by atoms with E-state index in [0.29, 0.717) is 25.5 Å². The molecule has 6 nitrogen and oxygen atoms in total. The zero-order chi connectivity index (χ0) is 22.9. The van der Waals surface area contributed by atoms with E-state index in [1.165, 1.54) is 22.3 Å². The van der Waals surface area contributed by atoms with Crippen LogP contribution in [0.25, 0.3) is 22.4 Å². The number of hydrogen-bond acceptors (Lipinski definition) is 5. The molecular weight excluding hydrogens is 426 g/mol. The van der Waals surface area contributed by atoms with Crippen LogP contribution in [0.5, 0.6) is 0 Å². The van der Waals surface area contributed by atoms with E-state index < -0.39 is 6.09 Å². The lowest BCUT2D eigenvalue weighted by atomic mass is 9.98. The van der Waals surface area contributed by atoms with E-state index in [1.807, 2.05) is 54.6 Å². The first-order valence-electron chi connectivity index (χ1n) is 11.6. The molecule has 34 heavy (non-hydrogen) atoms. The summed E-state index contributed by atoms with van der Waals surface area (Å²) in [4.78, 5) is 17.2. The van der Waals surface area contributed by atoms with Crippen LogP contribution in [0.1, 0.15) is 35.4 Å². The first-order chi connectivity index (χ1) is 16.8. The average molecular weight is 452 g/mol. The molecule has 4 aromatic rings. The molecular formula is C28H25N3O3. The minimum absolute atomic E-state index is 0.0450. The fourth-order valence-electron chi connectivity index (χ4n) is 5.03. The van der Waals surface area contributed by atoms with Gasteiger partial charge in [-0.1, -0.05) is 78.9 Å². The minimum atomic E-state index is -0.397. The number of rotatable bonds is 5. The van der Waals surface area contributed by atoms with E-state index in [1.54, 1.807) is 6.26 Å². The Bertz CT molecular complexity index is 1270. The number of alkyl carbamates (subject to hydrolysis) is 1. The number of nitrogens with zero attached hydrogens (tertiary/aromatic N) is 1. The van der Waals surface area contributed by atoms with Crippen molar-refractivity contribution in [3.8, 4) is 22.4 Å². The summed E-state index contributed by atoms with van der Waals surface area (Å²) in [5.41, 5.74) is 6.68. The summed E-state index contributed by atoms with van der Waals surface area (Å²) in [7, 11) is 0. The molecule has 1 aliphatic heterocycles. The normalized spacial score (nSPS) is 18.9. The zero-order valence-electron chi connectivity index (χ0n) is 18.6. The van der Waals surface area contributed by atoms with Gasteiger partial charge in [0.2, 0.25) is 5.89 Å². The van der Waals surface area contributed by atoms with Gasteiger partial charge in [0, 0.05) is 24.1 Å². The Kier molecular flexibility index (Phi) is 5.35. The van der Waals surface area contributed by atoms with Crippen LogP contribution >= 0.6 is 0 Å². The van der Waals surface area contributed by atoms with Crippen LogP contribution in [0.4, 0.5) is 4.79 Å². The monoisotopic (exact) mass is 451 g/mol. The number of hydrogen-bond donors (Lipinski definition) is 2. The van der Waals surface area contributed by atoms with Gasteiger partial charge < -0.3 is 19.8 Å². The second kappa shape index (κ2) is 8.80. The van der Waals surface area contributed by atoms with Crippen molar-refractivity contribution in [1.82, 2.24) is 15.6 Å². The Morgan fingerprint density at radius 2 is 1.65 bits per heavy atom. The molecule has 6 heteroatoms. The zero-order valence-corrected chi connectivity index (χ0v) is 18.6. The molecule has 3 aromatic carbocycles. The van der Waals surface area contributed by atoms with Crippen LogP contribution in [0.2, 0.25) is 0 Å². The molecule has 0 spiro atoms. The molecule has 2 N–H and O–H groups in total. The fraction of sp³-hybridized carbons (Fsp3) is 0.214. The van der Waals surface area contributed by atoms with Crippen LogP contribution in [0, 0.1) is 0 Å². The van der Waals surface area contributed by atoms with Crippen LogP contribution in [0.3, 0.4) is 0 Å². The van der Waals surface area contributed by atoms with Crippen molar-refractivity contribution in [3.63, 3.8) is 0 Å². The molecule has 2 atom stereocenters. The van der Waals surface area contributed by atoms with E-state index in [4.69, 9.17) is 9.15 Å². The summed E-state index contributed by atoms with van der Waals surface area (Å²) in [6, 6.07) is 26.5. The van der Waals surface area contributed by atoms with Gasteiger partial charge in [-0.05, 0) is 28.7 Å². The summed E-state index contributed by atoms with van der Waals surface area (Å²) >= 11 is 0. The van der Waals surface area contributed by atoms with Gasteiger partial charge in [-0.15, -0.1) is 0 Å². The summed E-state index contributed by atoms with van der Waals surface area (Å²) < 4.78 is 11.4. The lowest BCUT2D eigenvalue weighted by Crippen LogP contribution is -2.37. The Morgan fingerprint density at radius 1 is 0.971 bits per heavy atom. The van der Waals surface area contributed by atoms with Gasteiger partial charge in [0.1, 0.15) is 18.6 Å². The van der Waals surface area contributed by atoms with Crippen molar-refractivity contribution in [2.75, 3.05) is 13.2 Å². The van der Waals surface area contributed by atoms with Gasteiger partial charge in [0.15, 0.2) is 0 Å². The van der Waals surface area contributed by atoms with Gasteiger partial charge >= 0.3 is 6.09 Å². The summed E-state index contributed by atoms with van der Waals surface area (Å²) in [6.45, 7) is 0.946. The molecule has 0 radical (unpaired) electrons. The maximum absolute atomic E-state index is 12.6. The van der Waals surface area contributed by atoms with E-state index in [9.17, 15) is 4.79 Å². The van der Waals surface area contributed by atoms with E-state index in [0.717, 1.165) is 11.3 Å². The number of fused-ring (bicyclic) bond motifs is 3. The predicted molar refractivity (Wildman–Crippen MR) is 129 cm³/mol. The summed E-state index contributed by atoms with van der Waals surface area (Å²) in [5.74, 6) is 0.687. The molecule has 0 unspecified atom stereocenters. The van der Waals surface area contributed by atoms with Crippen molar-refractivity contribution in [1.29, 1.82) is 0 Å². The Labute approximate surface area is 198 Å². The van der Waals surface area contributed by atoms with Gasteiger partial charge in [-0.3, -0.25) is 0 Å². The van der Waals surface area contributed by atoms with Gasteiger partial charge in [0.25, 0.3) is 0 Å². The van der Waals surface area contributed by atoms with Crippen LogP contribution in [-0.4, -0.2) is 30.3 Å². The third-order valence-corrected chi connectivity index (χ3v) is 6.69. The molecule has 170 valence electrons. The van der Waals surface area contributed by atoms with Crippen LogP contribution < -0.4 is 10.6 Å². The van der Waals surface area contributed by atoms with Gasteiger partial charge in [-0.25, -0.2) is 9.78 Å². The second-order valence-electron chi connectivity index (χ2n) is 8.80. The number of benzene rings is 3. The Hall–Kier alpha value is -3.90. The van der Waals surface area contributed by atoms with Crippen LogP contribution in [0.15, 0.2) is 89.5 Å². The van der Waals surface area contributed by atoms with Crippen molar-refractivity contribution < 1.29 is 13.9 Å². The third-order valence-electron chi connectivity index (χ3n) is 6.69. The fourth-order valence-corrected chi connectivity index (χ4v) is 5.03. The molecule has 0 bridgehead atoms. The van der Waals surface area contributed by atoms with Crippen molar-refractivity contribution in [3.05, 3.63) is 102 Å². The number of nitrogens with one attached hydrogen (secondary N) is 2. The first kappa shape index (κ1) is 20.7. The molecule has 1 saturated heterocycles. The summed E-state index contributed by atoms with van der Waals surface area (Å²) in [5, 5.41) is 6.39. The van der Waals surface area contributed by atoms with E-state index in [-0.39, 0.29) is 18.0 Å². The lowest BCUT2D eigenvalue weighted by molar-refractivity contribution is 0.139. The third kappa shape index (κ3) is 3.86. The maximum Gasteiger partial charge on any atom is 0.407 e. The van der Waals surface area contributed by atoms with Crippen molar-refractivity contribution in [2.45, 2.75) is 24.4 Å². The number of carbonyl (C=O) groups is 1. The number of ether oxygens (including phenoxy) is 1. The summed E-state index contributed by atoms with van der Waals surface area (Å²) in [6.07, 6.45) is 1.98. The molecule has 1 aliphatic carbocycles. The van der Waals surface area contributed by atoms with Crippen molar-refractivity contribution >= 4 is 6.09 Å². The number of oxazole rings is 1. The molecule has 0 saturated carbocycles. The molecule has 1 aromatic heterocycles. The first-order valence-corrected chi connectivity index (χ1v) is 11.6. The van der Waals surface area contributed by atoms with Gasteiger partial charge in [0.05, 0.1) is 6.04 Å². The molecule has 6 rings (SSSR count).